The molecule has 0 unspecified atom stereocenters. The highest BCUT2D eigenvalue weighted by molar-refractivity contribution is 7.98. The Labute approximate surface area is 107 Å². The minimum absolute atomic E-state index is 0.513. The number of benzene rings is 1. The fraction of sp³-hybridized carbons (Fsp3) is 0.0833. The van der Waals surface area contributed by atoms with Crippen molar-refractivity contribution in [3.05, 3.63) is 36.2 Å². The number of nitrogens with zero attached hydrogens (tertiary/aromatic N) is 3. The van der Waals surface area contributed by atoms with Crippen molar-refractivity contribution in [3.63, 3.8) is 0 Å². The van der Waals surface area contributed by atoms with Gasteiger partial charge in [0.1, 0.15) is 5.52 Å². The molecule has 2 N–H and O–H groups in total. The number of nitrogen functional groups attached to an aromatic ring is 1. The summed E-state index contributed by atoms with van der Waals surface area (Å²) in [5.41, 5.74) is 8.80. The highest BCUT2D eigenvalue weighted by Crippen LogP contribution is 2.28. The lowest BCUT2D eigenvalue weighted by Crippen LogP contribution is -1.86. The van der Waals surface area contributed by atoms with Gasteiger partial charge in [0.05, 0.1) is 0 Å². The molecule has 0 saturated carbocycles. The molecule has 2 aromatic heterocycles. The minimum atomic E-state index is 0.513. The molecule has 90 valence electrons. The summed E-state index contributed by atoms with van der Waals surface area (Å²) in [6, 6.07) is 5.37. The van der Waals surface area contributed by atoms with Gasteiger partial charge in [0, 0.05) is 35.9 Å². The van der Waals surface area contributed by atoms with Crippen LogP contribution in [-0.2, 0) is 0 Å². The van der Waals surface area contributed by atoms with E-state index in [-0.39, 0.29) is 0 Å². The SMILES string of the molecule is Cc1cnc(Sc2nc3ccc(N)cc3o2)nc1. The molecule has 3 rings (SSSR count). The van der Waals surface area contributed by atoms with Crippen molar-refractivity contribution in [1.29, 1.82) is 0 Å². The lowest BCUT2D eigenvalue weighted by atomic mass is 10.3. The Balaban J connectivity index is 1.92. The third-order valence-corrected chi connectivity index (χ3v) is 3.07. The first-order valence-corrected chi connectivity index (χ1v) is 6.15. The molecule has 6 heteroatoms. The molecule has 0 bridgehead atoms. The molecule has 0 saturated heterocycles. The molecular weight excluding hydrogens is 248 g/mol. The predicted octanol–water partition coefficient (Wildman–Crippen LogP) is 2.66. The molecule has 0 radical (unpaired) electrons. The molecule has 0 aliphatic carbocycles. The van der Waals surface area contributed by atoms with Crippen molar-refractivity contribution in [2.45, 2.75) is 17.3 Å². The Bertz CT molecular complexity index is 693. The van der Waals surface area contributed by atoms with E-state index < -0.39 is 0 Å². The van der Waals surface area contributed by atoms with Gasteiger partial charge in [0.15, 0.2) is 10.7 Å². The van der Waals surface area contributed by atoms with E-state index in [4.69, 9.17) is 10.2 Å². The van der Waals surface area contributed by atoms with Crippen molar-refractivity contribution < 1.29 is 4.42 Å². The van der Waals surface area contributed by atoms with Crippen LogP contribution in [0.2, 0.25) is 0 Å². The van der Waals surface area contributed by atoms with Crippen LogP contribution in [-0.4, -0.2) is 15.0 Å². The number of hydrogen-bond donors (Lipinski definition) is 1. The molecule has 3 aromatic rings. The zero-order chi connectivity index (χ0) is 12.5. The number of nitrogens with two attached hydrogens (primary N) is 1. The topological polar surface area (TPSA) is 77.8 Å². The maximum Gasteiger partial charge on any atom is 0.264 e. The van der Waals surface area contributed by atoms with E-state index in [0.29, 0.717) is 21.6 Å². The highest BCUT2D eigenvalue weighted by atomic mass is 32.2. The van der Waals surface area contributed by atoms with E-state index in [1.807, 2.05) is 13.0 Å². The van der Waals surface area contributed by atoms with Crippen molar-refractivity contribution in [3.8, 4) is 0 Å². The fourth-order valence-corrected chi connectivity index (χ4v) is 2.12. The summed E-state index contributed by atoms with van der Waals surface area (Å²) in [6.45, 7) is 1.94. The first-order chi connectivity index (χ1) is 8.70. The summed E-state index contributed by atoms with van der Waals surface area (Å²) >= 11 is 1.29. The van der Waals surface area contributed by atoms with Gasteiger partial charge in [-0.25, -0.2) is 15.0 Å². The normalized spacial score (nSPS) is 10.9. The van der Waals surface area contributed by atoms with Crippen molar-refractivity contribution in [2.75, 3.05) is 5.73 Å². The Kier molecular flexibility index (Phi) is 2.64. The number of aryl methyl sites for hydroxylation is 1. The molecule has 1 aromatic carbocycles. The second-order valence-electron chi connectivity index (χ2n) is 3.85. The summed E-state index contributed by atoms with van der Waals surface area (Å²) < 4.78 is 5.57. The Morgan fingerprint density at radius 3 is 2.78 bits per heavy atom. The summed E-state index contributed by atoms with van der Waals surface area (Å²) in [7, 11) is 0. The van der Waals surface area contributed by atoms with E-state index in [9.17, 15) is 0 Å². The van der Waals surface area contributed by atoms with Crippen LogP contribution in [0.4, 0.5) is 5.69 Å². The Hall–Kier alpha value is -2.08. The maximum atomic E-state index is 5.68. The quantitative estimate of drug-likeness (QED) is 0.562. The molecule has 0 aliphatic heterocycles. The number of aromatic nitrogens is 3. The zero-order valence-corrected chi connectivity index (χ0v) is 10.4. The van der Waals surface area contributed by atoms with Gasteiger partial charge in [-0.1, -0.05) is 0 Å². The summed E-state index contributed by atoms with van der Waals surface area (Å²) in [5, 5.41) is 1.12. The third-order valence-electron chi connectivity index (χ3n) is 2.33. The van der Waals surface area contributed by atoms with Gasteiger partial charge in [-0.15, -0.1) is 0 Å². The van der Waals surface area contributed by atoms with Crippen LogP contribution < -0.4 is 5.73 Å². The summed E-state index contributed by atoms with van der Waals surface area (Å²) in [4.78, 5) is 12.7. The van der Waals surface area contributed by atoms with Crippen molar-refractivity contribution >= 4 is 28.5 Å². The van der Waals surface area contributed by atoms with Crippen LogP contribution in [0.15, 0.2) is 45.4 Å². The fourth-order valence-electron chi connectivity index (χ4n) is 1.48. The molecule has 2 heterocycles. The number of anilines is 1. The average Bonchev–Trinajstić information content (AvgIpc) is 2.73. The molecular formula is C12H10N4OS. The van der Waals surface area contributed by atoms with E-state index in [1.54, 1.807) is 24.5 Å². The van der Waals surface area contributed by atoms with Crippen LogP contribution in [0, 0.1) is 6.92 Å². The number of hydrogen-bond acceptors (Lipinski definition) is 6. The van der Waals surface area contributed by atoms with Crippen LogP contribution in [0.3, 0.4) is 0 Å². The van der Waals surface area contributed by atoms with Crippen molar-refractivity contribution in [2.24, 2.45) is 0 Å². The smallest absolute Gasteiger partial charge is 0.264 e. The summed E-state index contributed by atoms with van der Waals surface area (Å²) in [5.74, 6) is 0. The number of rotatable bonds is 2. The third kappa shape index (κ3) is 2.14. The van der Waals surface area contributed by atoms with Crippen LogP contribution >= 0.6 is 11.8 Å². The molecule has 0 fully saturated rings. The Morgan fingerprint density at radius 2 is 2.00 bits per heavy atom. The highest BCUT2D eigenvalue weighted by Gasteiger charge is 2.09. The van der Waals surface area contributed by atoms with Crippen LogP contribution in [0.25, 0.3) is 11.1 Å². The summed E-state index contributed by atoms with van der Waals surface area (Å²) in [6.07, 6.45) is 3.52. The van der Waals surface area contributed by atoms with E-state index in [1.165, 1.54) is 11.8 Å². The lowest BCUT2D eigenvalue weighted by Gasteiger charge is -1.94. The zero-order valence-electron chi connectivity index (χ0n) is 9.62. The molecule has 0 atom stereocenters. The van der Waals surface area contributed by atoms with Gasteiger partial charge < -0.3 is 10.2 Å². The predicted molar refractivity (Wildman–Crippen MR) is 69.3 cm³/mol. The van der Waals surface area contributed by atoms with Crippen LogP contribution in [0.5, 0.6) is 0 Å². The molecule has 18 heavy (non-hydrogen) atoms. The van der Waals surface area contributed by atoms with Crippen LogP contribution in [0.1, 0.15) is 5.56 Å². The molecule has 0 aliphatic rings. The standard InChI is InChI=1S/C12H10N4OS/c1-7-5-14-11(15-6-7)18-12-16-9-3-2-8(13)4-10(9)17-12/h2-6H,13H2,1H3. The van der Waals surface area contributed by atoms with E-state index in [0.717, 1.165) is 11.1 Å². The second kappa shape index (κ2) is 4.30. The minimum Gasteiger partial charge on any atom is -0.431 e. The average molecular weight is 258 g/mol. The Morgan fingerprint density at radius 1 is 1.22 bits per heavy atom. The molecule has 5 nitrogen and oxygen atoms in total. The van der Waals surface area contributed by atoms with Gasteiger partial charge in [-0.05, 0) is 24.6 Å². The van der Waals surface area contributed by atoms with Gasteiger partial charge in [-0.2, -0.15) is 0 Å². The number of oxazole rings is 1. The van der Waals surface area contributed by atoms with Crippen molar-refractivity contribution in [1.82, 2.24) is 15.0 Å². The molecule has 0 amide bonds. The lowest BCUT2D eigenvalue weighted by molar-refractivity contribution is 0.489. The first-order valence-electron chi connectivity index (χ1n) is 5.33. The van der Waals surface area contributed by atoms with Gasteiger partial charge in [-0.3, -0.25) is 0 Å². The van der Waals surface area contributed by atoms with Gasteiger partial charge in [0.25, 0.3) is 5.22 Å². The number of fused-ring (bicyclic) bond motifs is 1. The maximum absolute atomic E-state index is 5.68. The largest absolute Gasteiger partial charge is 0.431 e. The first kappa shape index (κ1) is 11.0. The van der Waals surface area contributed by atoms with E-state index >= 15 is 0 Å². The van der Waals surface area contributed by atoms with E-state index in [2.05, 4.69) is 15.0 Å². The molecule has 0 spiro atoms. The van der Waals surface area contributed by atoms with Gasteiger partial charge in [0.2, 0.25) is 0 Å². The van der Waals surface area contributed by atoms with Gasteiger partial charge >= 0.3 is 0 Å². The second-order valence-corrected chi connectivity index (χ2v) is 4.77. The monoisotopic (exact) mass is 258 g/mol.